The third-order valence-electron chi connectivity index (χ3n) is 4.22. The van der Waals surface area contributed by atoms with Crippen LogP contribution in [0.1, 0.15) is 44.6 Å². The molecule has 0 aliphatic carbocycles. The molecule has 0 saturated heterocycles. The smallest absolute Gasteiger partial charge is 0.224 e. The van der Waals surface area contributed by atoms with Crippen LogP contribution in [0.5, 0.6) is 0 Å². The second kappa shape index (κ2) is 8.26. The Labute approximate surface area is 153 Å². The molecule has 25 heavy (non-hydrogen) atoms. The second-order valence-electron chi connectivity index (χ2n) is 6.43. The second-order valence-corrected chi connectivity index (χ2v) is 7.46. The van der Waals surface area contributed by atoms with Gasteiger partial charge in [0.15, 0.2) is 0 Å². The summed E-state index contributed by atoms with van der Waals surface area (Å²) in [6.07, 6.45) is 5.07. The van der Waals surface area contributed by atoms with Gasteiger partial charge in [-0.3, -0.25) is 4.79 Å². The van der Waals surface area contributed by atoms with E-state index >= 15 is 0 Å². The van der Waals surface area contributed by atoms with Crippen LogP contribution >= 0.6 is 11.3 Å². The van der Waals surface area contributed by atoms with Gasteiger partial charge in [0.1, 0.15) is 5.01 Å². The highest BCUT2D eigenvalue weighted by Crippen LogP contribution is 2.31. The molecule has 0 aliphatic rings. The fourth-order valence-corrected chi connectivity index (χ4v) is 3.86. The summed E-state index contributed by atoms with van der Waals surface area (Å²) in [4.78, 5) is 16.7. The topological polar surface area (TPSA) is 42.0 Å². The maximum atomic E-state index is 12.0. The third kappa shape index (κ3) is 4.67. The predicted octanol–water partition coefficient (Wildman–Crippen LogP) is 6.18. The average molecular weight is 353 g/mol. The van der Waals surface area contributed by atoms with Crippen molar-refractivity contribution in [3.05, 3.63) is 48.0 Å². The molecule has 1 amide bonds. The van der Waals surface area contributed by atoms with Crippen LogP contribution < -0.4 is 5.32 Å². The van der Waals surface area contributed by atoms with Crippen molar-refractivity contribution in [2.24, 2.45) is 0 Å². The zero-order valence-electron chi connectivity index (χ0n) is 14.8. The van der Waals surface area contributed by atoms with Crippen LogP contribution in [0.2, 0.25) is 0 Å². The number of aromatic nitrogens is 1. The SMILES string of the molecule is CCCCCCC(=O)Nc1ccc(-c2nc3ccc(C)cc3s2)cc1. The van der Waals surface area contributed by atoms with Crippen molar-refractivity contribution in [1.29, 1.82) is 0 Å². The first-order valence-electron chi connectivity index (χ1n) is 8.93. The fourth-order valence-electron chi connectivity index (χ4n) is 2.79. The van der Waals surface area contributed by atoms with Gasteiger partial charge in [-0.15, -0.1) is 11.3 Å². The summed E-state index contributed by atoms with van der Waals surface area (Å²) in [6, 6.07) is 14.3. The Hall–Kier alpha value is -2.20. The Morgan fingerprint density at radius 1 is 1.08 bits per heavy atom. The van der Waals surface area contributed by atoms with Crippen molar-refractivity contribution in [2.75, 3.05) is 5.32 Å². The van der Waals surface area contributed by atoms with Gasteiger partial charge in [0.05, 0.1) is 10.2 Å². The van der Waals surface area contributed by atoms with Gasteiger partial charge < -0.3 is 5.32 Å². The minimum Gasteiger partial charge on any atom is -0.326 e. The number of aryl methyl sites for hydroxylation is 1. The lowest BCUT2D eigenvalue weighted by molar-refractivity contribution is -0.116. The lowest BCUT2D eigenvalue weighted by atomic mass is 10.1. The van der Waals surface area contributed by atoms with Crippen LogP contribution in [0, 0.1) is 6.92 Å². The number of unbranched alkanes of at least 4 members (excludes halogenated alkanes) is 3. The van der Waals surface area contributed by atoms with Crippen molar-refractivity contribution in [1.82, 2.24) is 4.98 Å². The van der Waals surface area contributed by atoms with Crippen LogP contribution in [0.25, 0.3) is 20.8 Å². The summed E-state index contributed by atoms with van der Waals surface area (Å²) >= 11 is 1.70. The molecule has 0 radical (unpaired) electrons. The van der Waals surface area contributed by atoms with Crippen LogP contribution in [0.15, 0.2) is 42.5 Å². The molecule has 0 aliphatic heterocycles. The largest absolute Gasteiger partial charge is 0.326 e. The van der Waals surface area contributed by atoms with Gasteiger partial charge in [0.25, 0.3) is 0 Å². The average Bonchev–Trinajstić information content (AvgIpc) is 3.02. The maximum Gasteiger partial charge on any atom is 0.224 e. The zero-order chi connectivity index (χ0) is 17.6. The van der Waals surface area contributed by atoms with Crippen molar-refractivity contribution >= 4 is 33.1 Å². The lowest BCUT2D eigenvalue weighted by Crippen LogP contribution is -2.10. The number of nitrogens with one attached hydrogen (secondary N) is 1. The molecule has 0 fully saturated rings. The summed E-state index contributed by atoms with van der Waals surface area (Å²) in [6.45, 7) is 4.27. The summed E-state index contributed by atoms with van der Waals surface area (Å²) in [5.41, 5.74) is 4.22. The van der Waals surface area contributed by atoms with E-state index in [1.165, 1.54) is 23.1 Å². The number of carbonyl (C=O) groups is 1. The Morgan fingerprint density at radius 3 is 2.64 bits per heavy atom. The number of rotatable bonds is 7. The first-order chi connectivity index (χ1) is 12.2. The number of anilines is 1. The van der Waals surface area contributed by atoms with E-state index in [0.717, 1.165) is 34.6 Å². The summed E-state index contributed by atoms with van der Waals surface area (Å²) in [5.74, 6) is 0.0966. The highest BCUT2D eigenvalue weighted by atomic mass is 32.1. The monoisotopic (exact) mass is 352 g/mol. The van der Waals surface area contributed by atoms with Crippen LogP contribution in [0.4, 0.5) is 5.69 Å². The first kappa shape index (κ1) is 17.6. The molecule has 130 valence electrons. The van der Waals surface area contributed by atoms with Crippen molar-refractivity contribution in [3.8, 4) is 10.6 Å². The molecule has 0 saturated carbocycles. The molecule has 0 spiro atoms. The highest BCUT2D eigenvalue weighted by molar-refractivity contribution is 7.21. The number of benzene rings is 2. The Kier molecular flexibility index (Phi) is 5.82. The highest BCUT2D eigenvalue weighted by Gasteiger charge is 2.07. The molecule has 1 aromatic heterocycles. The van der Waals surface area contributed by atoms with E-state index in [0.29, 0.717) is 6.42 Å². The number of hydrogen-bond acceptors (Lipinski definition) is 3. The van der Waals surface area contributed by atoms with Crippen molar-refractivity contribution in [3.63, 3.8) is 0 Å². The van der Waals surface area contributed by atoms with E-state index in [2.05, 4.69) is 37.4 Å². The predicted molar refractivity (Wildman–Crippen MR) is 107 cm³/mol. The summed E-state index contributed by atoms with van der Waals surface area (Å²) in [7, 11) is 0. The third-order valence-corrected chi connectivity index (χ3v) is 5.28. The Morgan fingerprint density at radius 2 is 1.88 bits per heavy atom. The molecule has 0 unspecified atom stereocenters. The lowest BCUT2D eigenvalue weighted by Gasteiger charge is -2.05. The van der Waals surface area contributed by atoms with Gasteiger partial charge in [-0.25, -0.2) is 4.98 Å². The van der Waals surface area contributed by atoms with Gasteiger partial charge in [-0.05, 0) is 55.3 Å². The van der Waals surface area contributed by atoms with E-state index in [1.54, 1.807) is 11.3 Å². The molecule has 4 heteroatoms. The number of carbonyl (C=O) groups excluding carboxylic acids is 1. The molecule has 3 rings (SSSR count). The fraction of sp³-hybridized carbons (Fsp3) is 0.333. The molecular weight excluding hydrogens is 328 g/mol. The van der Waals surface area contributed by atoms with Gasteiger partial charge in [-0.1, -0.05) is 32.3 Å². The summed E-state index contributed by atoms with van der Waals surface area (Å²) in [5, 5.41) is 3.99. The Balaban J connectivity index is 1.64. The van der Waals surface area contributed by atoms with Crippen molar-refractivity contribution < 1.29 is 4.79 Å². The minimum atomic E-state index is 0.0966. The minimum absolute atomic E-state index is 0.0966. The van der Waals surface area contributed by atoms with Gasteiger partial charge >= 0.3 is 0 Å². The summed E-state index contributed by atoms with van der Waals surface area (Å²) < 4.78 is 1.21. The van der Waals surface area contributed by atoms with E-state index in [9.17, 15) is 4.79 Å². The molecule has 0 bridgehead atoms. The van der Waals surface area contributed by atoms with Crippen LogP contribution in [0.3, 0.4) is 0 Å². The molecule has 1 heterocycles. The molecule has 2 aromatic carbocycles. The van der Waals surface area contributed by atoms with E-state index in [4.69, 9.17) is 4.98 Å². The number of thiazole rings is 1. The molecule has 3 nitrogen and oxygen atoms in total. The Bertz CT molecular complexity index is 852. The van der Waals surface area contributed by atoms with E-state index < -0.39 is 0 Å². The number of hydrogen-bond donors (Lipinski definition) is 1. The van der Waals surface area contributed by atoms with Gasteiger partial charge in [-0.2, -0.15) is 0 Å². The zero-order valence-corrected chi connectivity index (χ0v) is 15.7. The number of nitrogens with zero attached hydrogens (tertiary/aromatic N) is 1. The normalized spacial score (nSPS) is 11.0. The molecule has 3 aromatic rings. The number of fused-ring (bicyclic) bond motifs is 1. The molecule has 0 atom stereocenters. The first-order valence-corrected chi connectivity index (χ1v) is 9.75. The van der Waals surface area contributed by atoms with Crippen LogP contribution in [-0.4, -0.2) is 10.9 Å². The van der Waals surface area contributed by atoms with Crippen LogP contribution in [-0.2, 0) is 4.79 Å². The quantitative estimate of drug-likeness (QED) is 0.516. The van der Waals surface area contributed by atoms with Gasteiger partial charge in [0.2, 0.25) is 5.91 Å². The van der Waals surface area contributed by atoms with E-state index in [-0.39, 0.29) is 5.91 Å². The number of amides is 1. The molecule has 1 N–H and O–H groups in total. The standard InChI is InChI=1S/C21H24N2OS/c1-3-4-5-6-7-20(24)22-17-11-9-16(10-12-17)21-23-18-13-8-15(2)14-19(18)25-21/h8-14H,3-7H2,1-2H3,(H,22,24). The van der Waals surface area contributed by atoms with Crippen molar-refractivity contribution in [2.45, 2.75) is 46.0 Å². The molecular formula is C21H24N2OS. The van der Waals surface area contributed by atoms with E-state index in [1.807, 2.05) is 24.3 Å². The van der Waals surface area contributed by atoms with Gasteiger partial charge in [0, 0.05) is 17.7 Å². The maximum absolute atomic E-state index is 12.0.